The lowest BCUT2D eigenvalue weighted by atomic mass is 10.1. The molecule has 16 heavy (non-hydrogen) atoms. The molecule has 2 aromatic rings. The Bertz CT molecular complexity index is 481. The van der Waals surface area contributed by atoms with Crippen molar-refractivity contribution in [1.29, 1.82) is 0 Å². The third kappa shape index (κ3) is 2.90. The molecule has 0 radical (unpaired) electrons. The fourth-order valence-electron chi connectivity index (χ4n) is 1.55. The molecular formula is C12H13BrN2S. The van der Waals surface area contributed by atoms with E-state index in [1.165, 1.54) is 4.88 Å². The minimum Gasteiger partial charge on any atom is -0.322 e. The van der Waals surface area contributed by atoms with Gasteiger partial charge in [0.25, 0.3) is 0 Å². The van der Waals surface area contributed by atoms with Crippen LogP contribution in [-0.2, 0) is 6.42 Å². The number of rotatable bonds is 3. The minimum absolute atomic E-state index is 0.0227. The zero-order valence-electron chi connectivity index (χ0n) is 8.98. The van der Waals surface area contributed by atoms with Gasteiger partial charge in [-0.1, -0.05) is 6.07 Å². The Labute approximate surface area is 108 Å². The van der Waals surface area contributed by atoms with Crippen molar-refractivity contribution in [1.82, 2.24) is 4.98 Å². The van der Waals surface area contributed by atoms with E-state index in [0.29, 0.717) is 0 Å². The van der Waals surface area contributed by atoms with Crippen LogP contribution in [0, 0.1) is 6.92 Å². The molecule has 0 saturated carbocycles. The van der Waals surface area contributed by atoms with Crippen LogP contribution in [0.1, 0.15) is 22.3 Å². The largest absolute Gasteiger partial charge is 0.322 e. The molecule has 0 bridgehead atoms. The summed E-state index contributed by atoms with van der Waals surface area (Å²) in [5.74, 6) is 0. The monoisotopic (exact) mass is 296 g/mol. The molecule has 0 aliphatic rings. The van der Waals surface area contributed by atoms with E-state index in [1.807, 2.05) is 25.1 Å². The molecule has 2 nitrogen and oxygen atoms in total. The molecule has 0 spiro atoms. The van der Waals surface area contributed by atoms with Crippen molar-refractivity contribution < 1.29 is 0 Å². The van der Waals surface area contributed by atoms with Gasteiger partial charge in [0, 0.05) is 26.8 Å². The maximum atomic E-state index is 6.13. The summed E-state index contributed by atoms with van der Waals surface area (Å²) < 4.78 is 1.12. The van der Waals surface area contributed by atoms with Crippen LogP contribution >= 0.6 is 27.3 Å². The molecule has 4 heteroatoms. The number of thiophene rings is 1. The van der Waals surface area contributed by atoms with E-state index >= 15 is 0 Å². The summed E-state index contributed by atoms with van der Waals surface area (Å²) in [6.07, 6.45) is 0.840. The van der Waals surface area contributed by atoms with Crippen LogP contribution in [0.3, 0.4) is 0 Å². The Morgan fingerprint density at radius 3 is 2.94 bits per heavy atom. The first-order chi connectivity index (χ1) is 7.65. The van der Waals surface area contributed by atoms with Gasteiger partial charge in [-0.15, -0.1) is 11.3 Å². The number of halogens is 1. The average Bonchev–Trinajstić information content (AvgIpc) is 2.64. The predicted octanol–water partition coefficient (Wildman–Crippen LogP) is 3.46. The number of aryl methyl sites for hydroxylation is 1. The van der Waals surface area contributed by atoms with Crippen molar-refractivity contribution in [3.8, 4) is 0 Å². The van der Waals surface area contributed by atoms with Gasteiger partial charge >= 0.3 is 0 Å². The highest BCUT2D eigenvalue weighted by Crippen LogP contribution is 2.23. The highest BCUT2D eigenvalue weighted by molar-refractivity contribution is 9.10. The second-order valence-electron chi connectivity index (χ2n) is 3.75. The van der Waals surface area contributed by atoms with Gasteiger partial charge in [0.1, 0.15) is 0 Å². The lowest BCUT2D eigenvalue weighted by Crippen LogP contribution is -2.14. The van der Waals surface area contributed by atoms with Crippen molar-refractivity contribution in [2.45, 2.75) is 19.4 Å². The Kier molecular flexibility index (Phi) is 3.74. The first-order valence-corrected chi connectivity index (χ1v) is 6.74. The third-order valence-electron chi connectivity index (χ3n) is 2.33. The van der Waals surface area contributed by atoms with Gasteiger partial charge in [-0.2, -0.15) is 0 Å². The minimum atomic E-state index is -0.0227. The van der Waals surface area contributed by atoms with Crippen LogP contribution < -0.4 is 5.73 Å². The number of nitrogens with two attached hydrogens (primary N) is 1. The molecule has 0 saturated heterocycles. The number of pyridine rings is 1. The molecule has 0 amide bonds. The van der Waals surface area contributed by atoms with Gasteiger partial charge in [-0.05, 0) is 41.1 Å². The summed E-state index contributed by atoms with van der Waals surface area (Å²) in [5, 5.41) is 2.08. The van der Waals surface area contributed by atoms with E-state index in [9.17, 15) is 0 Å². The highest BCUT2D eigenvalue weighted by atomic mass is 79.9. The van der Waals surface area contributed by atoms with Gasteiger partial charge in [0.2, 0.25) is 0 Å². The Hall–Kier alpha value is -0.710. The van der Waals surface area contributed by atoms with Crippen molar-refractivity contribution in [2.24, 2.45) is 5.73 Å². The third-order valence-corrected chi connectivity index (χ3v) is 4.05. The number of hydrogen-bond acceptors (Lipinski definition) is 3. The molecule has 1 atom stereocenters. The summed E-state index contributed by atoms with van der Waals surface area (Å²) in [6.45, 7) is 1.98. The highest BCUT2D eigenvalue weighted by Gasteiger charge is 2.09. The van der Waals surface area contributed by atoms with Gasteiger partial charge in [0.05, 0.1) is 11.7 Å². The van der Waals surface area contributed by atoms with E-state index in [4.69, 9.17) is 5.73 Å². The van der Waals surface area contributed by atoms with Crippen LogP contribution in [0.5, 0.6) is 0 Å². The predicted molar refractivity (Wildman–Crippen MR) is 71.6 cm³/mol. The Morgan fingerprint density at radius 2 is 2.31 bits per heavy atom. The Balaban J connectivity index is 2.11. The van der Waals surface area contributed by atoms with E-state index in [2.05, 4.69) is 32.4 Å². The van der Waals surface area contributed by atoms with Crippen LogP contribution in [0.15, 0.2) is 34.1 Å². The van der Waals surface area contributed by atoms with Crippen LogP contribution in [0.4, 0.5) is 0 Å². The summed E-state index contributed by atoms with van der Waals surface area (Å²) in [7, 11) is 0. The fourth-order valence-corrected chi connectivity index (χ4v) is 3.06. The quantitative estimate of drug-likeness (QED) is 0.942. The van der Waals surface area contributed by atoms with Gasteiger partial charge in [-0.3, -0.25) is 4.98 Å². The molecular weight excluding hydrogens is 284 g/mol. The fraction of sp³-hybridized carbons (Fsp3) is 0.250. The smallest absolute Gasteiger partial charge is 0.0577 e. The molecule has 2 rings (SSSR count). The number of aromatic nitrogens is 1. The van der Waals surface area contributed by atoms with Gasteiger partial charge in [-0.25, -0.2) is 0 Å². The second-order valence-corrected chi connectivity index (χ2v) is 5.66. The normalized spacial score (nSPS) is 12.7. The topological polar surface area (TPSA) is 38.9 Å². The second kappa shape index (κ2) is 5.08. The molecule has 1 unspecified atom stereocenters. The summed E-state index contributed by atoms with van der Waals surface area (Å²) >= 11 is 5.17. The zero-order chi connectivity index (χ0) is 11.5. The molecule has 2 N–H and O–H groups in total. The van der Waals surface area contributed by atoms with E-state index < -0.39 is 0 Å². The van der Waals surface area contributed by atoms with E-state index in [1.54, 1.807) is 11.3 Å². The van der Waals surface area contributed by atoms with Gasteiger partial charge in [0.15, 0.2) is 0 Å². The number of nitrogens with zero attached hydrogens (tertiary/aromatic N) is 1. The maximum absolute atomic E-state index is 6.13. The first-order valence-electron chi connectivity index (χ1n) is 5.07. The van der Waals surface area contributed by atoms with E-state index in [-0.39, 0.29) is 6.04 Å². The van der Waals surface area contributed by atoms with E-state index in [0.717, 1.165) is 22.3 Å². The molecule has 2 heterocycles. The van der Waals surface area contributed by atoms with Gasteiger partial charge < -0.3 is 5.73 Å². The van der Waals surface area contributed by atoms with Crippen LogP contribution in [0.2, 0.25) is 0 Å². The molecule has 0 aliphatic heterocycles. The summed E-state index contributed by atoms with van der Waals surface area (Å²) in [4.78, 5) is 5.72. The van der Waals surface area contributed by atoms with Crippen LogP contribution in [-0.4, -0.2) is 4.98 Å². The van der Waals surface area contributed by atoms with Crippen molar-refractivity contribution >= 4 is 27.3 Å². The summed E-state index contributed by atoms with van der Waals surface area (Å²) in [5.41, 5.74) is 8.11. The molecule has 2 aromatic heterocycles. The van der Waals surface area contributed by atoms with Crippen molar-refractivity contribution in [3.05, 3.63) is 50.4 Å². The maximum Gasteiger partial charge on any atom is 0.0577 e. The average molecular weight is 297 g/mol. The lowest BCUT2D eigenvalue weighted by Gasteiger charge is -2.10. The SMILES string of the molecule is Cc1cccc(C(N)Cc2cc(Br)cs2)n1. The van der Waals surface area contributed by atoms with Crippen LogP contribution in [0.25, 0.3) is 0 Å². The van der Waals surface area contributed by atoms with Crippen molar-refractivity contribution in [3.63, 3.8) is 0 Å². The first kappa shape index (κ1) is 11.8. The molecule has 0 fully saturated rings. The Morgan fingerprint density at radius 1 is 1.50 bits per heavy atom. The lowest BCUT2D eigenvalue weighted by molar-refractivity contribution is 0.700. The number of hydrogen-bond donors (Lipinski definition) is 1. The standard InChI is InChI=1S/C12H13BrN2S/c1-8-3-2-4-12(15-8)11(14)6-10-5-9(13)7-16-10/h2-5,7,11H,6,14H2,1H3. The molecule has 0 aromatic carbocycles. The zero-order valence-corrected chi connectivity index (χ0v) is 11.4. The molecule has 84 valence electrons. The summed E-state index contributed by atoms with van der Waals surface area (Å²) in [6, 6.07) is 8.06. The van der Waals surface area contributed by atoms with Crippen molar-refractivity contribution in [2.75, 3.05) is 0 Å². The molecule has 0 aliphatic carbocycles.